The van der Waals surface area contributed by atoms with Gasteiger partial charge in [-0.3, -0.25) is 14.9 Å². The molecule has 0 spiro atoms. The van der Waals surface area contributed by atoms with Gasteiger partial charge in [0.25, 0.3) is 5.69 Å². The minimum Gasteiger partial charge on any atom is -0.450 e. The van der Waals surface area contributed by atoms with E-state index in [0.717, 1.165) is 10.4 Å². The maximum absolute atomic E-state index is 13.9. The predicted molar refractivity (Wildman–Crippen MR) is 163 cm³/mol. The molecular formula is C31H38N4O7S. The van der Waals surface area contributed by atoms with Gasteiger partial charge >= 0.3 is 12.2 Å². The van der Waals surface area contributed by atoms with Crippen LogP contribution in [-0.2, 0) is 33.9 Å². The van der Waals surface area contributed by atoms with Gasteiger partial charge in [0.15, 0.2) is 0 Å². The standard InChI is InChI=1S/C31H38N4O7S/c1-31(2,3)42-30(38)33-27(13-7-8-18-41-29(37)32-20-23-10-5-4-6-11-23)28(36)34(22-26-12-9-19-43-26)21-24-14-16-25(17-15-24)35(39)40/h4-6,9-12,14-17,19,27H,7-8,13,18,20-22H2,1-3H3,(H,32,37)(H,33,38)/t27-/m1/s1. The first kappa shape index (κ1) is 33.1. The molecular weight excluding hydrogens is 572 g/mol. The molecule has 0 aliphatic heterocycles. The Morgan fingerprint density at radius 1 is 0.930 bits per heavy atom. The molecule has 0 aliphatic carbocycles. The highest BCUT2D eigenvalue weighted by Crippen LogP contribution is 2.19. The number of hydrogen-bond donors (Lipinski definition) is 2. The SMILES string of the molecule is CC(C)(C)OC(=O)N[C@H](CCCCOC(=O)NCc1ccccc1)C(=O)N(Cc1ccc([N+](=O)[O-])cc1)Cc1cccs1. The maximum Gasteiger partial charge on any atom is 0.408 e. The van der Waals surface area contributed by atoms with E-state index in [4.69, 9.17) is 9.47 Å². The number of rotatable bonds is 14. The number of carbonyl (C=O) groups is 3. The molecule has 0 bridgehead atoms. The van der Waals surface area contributed by atoms with Gasteiger partial charge in [0.2, 0.25) is 5.91 Å². The molecule has 0 unspecified atom stereocenters. The quantitative estimate of drug-likeness (QED) is 0.126. The number of unbranched alkanes of at least 4 members (excludes halogenated alkanes) is 1. The van der Waals surface area contributed by atoms with Crippen molar-refractivity contribution in [3.63, 3.8) is 0 Å². The smallest absolute Gasteiger partial charge is 0.408 e. The minimum absolute atomic E-state index is 0.0414. The van der Waals surface area contributed by atoms with Gasteiger partial charge in [-0.05, 0) is 62.6 Å². The van der Waals surface area contributed by atoms with E-state index in [1.807, 2.05) is 47.8 Å². The summed E-state index contributed by atoms with van der Waals surface area (Å²) in [6.07, 6.45) is 0.00481. The first-order chi connectivity index (χ1) is 20.5. The second-order valence-corrected chi connectivity index (χ2v) is 11.9. The zero-order valence-corrected chi connectivity index (χ0v) is 25.4. The van der Waals surface area contributed by atoms with Gasteiger partial charge in [0, 0.05) is 30.1 Å². The summed E-state index contributed by atoms with van der Waals surface area (Å²) in [5.74, 6) is -0.320. The first-order valence-electron chi connectivity index (χ1n) is 14.0. The lowest BCUT2D eigenvalue weighted by Crippen LogP contribution is -2.49. The lowest BCUT2D eigenvalue weighted by Gasteiger charge is -2.29. The minimum atomic E-state index is -0.903. The number of nitrogens with one attached hydrogen (secondary N) is 2. The summed E-state index contributed by atoms with van der Waals surface area (Å²) in [5, 5.41) is 18.4. The van der Waals surface area contributed by atoms with E-state index in [9.17, 15) is 24.5 Å². The van der Waals surface area contributed by atoms with E-state index >= 15 is 0 Å². The summed E-state index contributed by atoms with van der Waals surface area (Å²) in [6, 6.07) is 18.4. The number of carbonyl (C=O) groups excluding carboxylic acids is 3. The van der Waals surface area contributed by atoms with Crippen molar-refractivity contribution in [1.82, 2.24) is 15.5 Å². The van der Waals surface area contributed by atoms with E-state index < -0.39 is 28.8 Å². The summed E-state index contributed by atoms with van der Waals surface area (Å²) in [4.78, 5) is 51.8. The van der Waals surface area contributed by atoms with Gasteiger partial charge in [0.05, 0.1) is 18.1 Å². The van der Waals surface area contributed by atoms with Crippen LogP contribution in [0.15, 0.2) is 72.1 Å². The molecule has 0 fully saturated rings. The average Bonchev–Trinajstić information content (AvgIpc) is 3.47. The fraction of sp³-hybridized carbons (Fsp3) is 0.387. The number of thiophene rings is 1. The monoisotopic (exact) mass is 610 g/mol. The van der Waals surface area contributed by atoms with Gasteiger partial charge in [-0.15, -0.1) is 11.3 Å². The fourth-order valence-electron chi connectivity index (χ4n) is 4.11. The molecule has 230 valence electrons. The summed E-state index contributed by atoms with van der Waals surface area (Å²) in [7, 11) is 0. The Balaban J connectivity index is 1.64. The van der Waals surface area contributed by atoms with Crippen molar-refractivity contribution >= 4 is 35.1 Å². The van der Waals surface area contributed by atoms with Crippen molar-refractivity contribution in [3.05, 3.63) is 98.2 Å². The van der Waals surface area contributed by atoms with Crippen molar-refractivity contribution in [2.45, 2.75) is 71.3 Å². The molecule has 43 heavy (non-hydrogen) atoms. The zero-order chi connectivity index (χ0) is 31.2. The number of nitro groups is 1. The number of nitrogens with zero attached hydrogens (tertiary/aromatic N) is 2. The average molecular weight is 611 g/mol. The van der Waals surface area contributed by atoms with Crippen molar-refractivity contribution < 1.29 is 28.8 Å². The lowest BCUT2D eigenvalue weighted by molar-refractivity contribution is -0.384. The Hall–Kier alpha value is -4.45. The topological polar surface area (TPSA) is 140 Å². The molecule has 1 heterocycles. The van der Waals surface area contributed by atoms with E-state index in [0.29, 0.717) is 31.5 Å². The van der Waals surface area contributed by atoms with E-state index in [-0.39, 0.29) is 31.2 Å². The number of alkyl carbamates (subject to hydrolysis) is 2. The molecule has 3 amide bonds. The number of ether oxygens (including phenoxy) is 2. The highest BCUT2D eigenvalue weighted by molar-refractivity contribution is 7.09. The Bertz CT molecular complexity index is 1330. The number of amides is 3. The van der Waals surface area contributed by atoms with Crippen molar-refractivity contribution in [3.8, 4) is 0 Å². The largest absolute Gasteiger partial charge is 0.450 e. The Labute approximate surface area is 255 Å². The van der Waals surface area contributed by atoms with Gasteiger partial charge < -0.3 is 25.0 Å². The first-order valence-corrected chi connectivity index (χ1v) is 14.9. The molecule has 0 radical (unpaired) electrons. The maximum atomic E-state index is 13.9. The van der Waals surface area contributed by atoms with Crippen LogP contribution in [0.2, 0.25) is 0 Å². The van der Waals surface area contributed by atoms with E-state index in [1.54, 1.807) is 37.8 Å². The number of hydrogen-bond acceptors (Lipinski definition) is 8. The highest BCUT2D eigenvalue weighted by Gasteiger charge is 2.28. The van der Waals surface area contributed by atoms with Crippen LogP contribution >= 0.6 is 11.3 Å². The molecule has 2 N–H and O–H groups in total. The van der Waals surface area contributed by atoms with Crippen LogP contribution in [0.4, 0.5) is 15.3 Å². The summed E-state index contributed by atoms with van der Waals surface area (Å²) in [6.45, 7) is 6.20. The Kier molecular flexibility index (Phi) is 12.5. The van der Waals surface area contributed by atoms with Crippen LogP contribution < -0.4 is 10.6 Å². The second-order valence-electron chi connectivity index (χ2n) is 10.9. The number of non-ortho nitro benzene ring substituents is 1. The second kappa shape index (κ2) is 16.3. The van der Waals surface area contributed by atoms with Crippen molar-refractivity contribution in [2.24, 2.45) is 0 Å². The third-order valence-corrected chi connectivity index (χ3v) is 7.01. The predicted octanol–water partition coefficient (Wildman–Crippen LogP) is 6.18. The van der Waals surface area contributed by atoms with Crippen LogP contribution in [0.5, 0.6) is 0 Å². The molecule has 0 saturated heterocycles. The normalized spacial score (nSPS) is 11.7. The molecule has 1 aromatic heterocycles. The van der Waals surface area contributed by atoms with Gasteiger partial charge in [-0.1, -0.05) is 48.5 Å². The van der Waals surface area contributed by atoms with Crippen LogP contribution in [0.3, 0.4) is 0 Å². The van der Waals surface area contributed by atoms with E-state index in [1.165, 1.54) is 23.5 Å². The van der Waals surface area contributed by atoms with Crippen molar-refractivity contribution in [1.29, 1.82) is 0 Å². The number of nitro benzene ring substituents is 1. The highest BCUT2D eigenvalue weighted by atomic mass is 32.1. The Morgan fingerprint density at radius 3 is 2.28 bits per heavy atom. The van der Waals surface area contributed by atoms with Crippen LogP contribution in [0.1, 0.15) is 56.0 Å². The van der Waals surface area contributed by atoms with Crippen LogP contribution in [0.25, 0.3) is 0 Å². The van der Waals surface area contributed by atoms with Gasteiger partial charge in [-0.25, -0.2) is 9.59 Å². The zero-order valence-electron chi connectivity index (χ0n) is 24.6. The molecule has 0 aliphatic rings. The van der Waals surface area contributed by atoms with E-state index in [2.05, 4.69) is 10.6 Å². The van der Waals surface area contributed by atoms with Gasteiger partial charge in [-0.2, -0.15) is 0 Å². The molecule has 1 atom stereocenters. The molecule has 3 aromatic rings. The Morgan fingerprint density at radius 2 is 1.65 bits per heavy atom. The molecule has 12 heteroatoms. The molecule has 2 aromatic carbocycles. The molecule has 3 rings (SSSR count). The number of benzene rings is 2. The third-order valence-electron chi connectivity index (χ3n) is 6.15. The summed E-state index contributed by atoms with van der Waals surface area (Å²) < 4.78 is 10.7. The summed E-state index contributed by atoms with van der Waals surface area (Å²) in [5.41, 5.74) is 0.866. The fourth-order valence-corrected chi connectivity index (χ4v) is 4.83. The van der Waals surface area contributed by atoms with Crippen LogP contribution in [0, 0.1) is 10.1 Å². The lowest BCUT2D eigenvalue weighted by atomic mass is 10.1. The summed E-state index contributed by atoms with van der Waals surface area (Å²) >= 11 is 1.50. The third kappa shape index (κ3) is 12.1. The van der Waals surface area contributed by atoms with Crippen molar-refractivity contribution in [2.75, 3.05) is 6.61 Å². The molecule has 11 nitrogen and oxygen atoms in total. The van der Waals surface area contributed by atoms with Crippen LogP contribution in [-0.4, -0.2) is 46.2 Å². The van der Waals surface area contributed by atoms with Gasteiger partial charge in [0.1, 0.15) is 11.6 Å². The molecule has 0 saturated carbocycles.